The first-order valence-corrected chi connectivity index (χ1v) is 8.00. The van der Waals surface area contributed by atoms with E-state index in [0.717, 1.165) is 12.5 Å². The predicted molar refractivity (Wildman–Crippen MR) is 95.9 cm³/mol. The highest BCUT2D eigenvalue weighted by molar-refractivity contribution is 5.80. The quantitative estimate of drug-likeness (QED) is 0.282. The van der Waals surface area contributed by atoms with E-state index < -0.39 is 5.97 Å². The summed E-state index contributed by atoms with van der Waals surface area (Å²) in [6.07, 6.45) is 29.8. The molecular weight excluding hydrogens is 272 g/mol. The van der Waals surface area contributed by atoms with Crippen LogP contribution in [0.15, 0.2) is 72.9 Å². The van der Waals surface area contributed by atoms with Gasteiger partial charge in [0.2, 0.25) is 0 Å². The fourth-order valence-corrected chi connectivity index (χ4v) is 1.69. The van der Waals surface area contributed by atoms with E-state index in [4.69, 9.17) is 5.11 Å². The molecule has 0 aromatic carbocycles. The van der Waals surface area contributed by atoms with Gasteiger partial charge in [-0.25, -0.2) is 4.79 Å². The van der Waals surface area contributed by atoms with Crippen molar-refractivity contribution < 1.29 is 9.90 Å². The minimum atomic E-state index is -0.937. The molecular formula is C20H28O2. The molecule has 0 aliphatic carbocycles. The van der Waals surface area contributed by atoms with Crippen LogP contribution in [-0.4, -0.2) is 11.1 Å². The Bertz CT molecular complexity index is 435. The van der Waals surface area contributed by atoms with E-state index in [2.05, 4.69) is 19.1 Å². The molecule has 22 heavy (non-hydrogen) atoms. The van der Waals surface area contributed by atoms with Crippen LogP contribution in [0.25, 0.3) is 0 Å². The lowest BCUT2D eigenvalue weighted by molar-refractivity contribution is -0.131. The molecule has 0 amide bonds. The van der Waals surface area contributed by atoms with E-state index in [1.165, 1.54) is 38.2 Å². The van der Waals surface area contributed by atoms with Crippen molar-refractivity contribution in [3.63, 3.8) is 0 Å². The van der Waals surface area contributed by atoms with Crippen LogP contribution in [0.1, 0.15) is 45.4 Å². The van der Waals surface area contributed by atoms with Gasteiger partial charge in [-0.2, -0.15) is 0 Å². The molecule has 0 spiro atoms. The van der Waals surface area contributed by atoms with Gasteiger partial charge in [0.05, 0.1) is 0 Å². The zero-order valence-corrected chi connectivity index (χ0v) is 13.5. The highest BCUT2D eigenvalue weighted by Crippen LogP contribution is 2.05. The molecule has 0 radical (unpaired) electrons. The summed E-state index contributed by atoms with van der Waals surface area (Å²) in [6, 6.07) is 0. The minimum Gasteiger partial charge on any atom is -0.478 e. The van der Waals surface area contributed by atoms with Crippen LogP contribution in [0.2, 0.25) is 0 Å². The van der Waals surface area contributed by atoms with Crippen molar-refractivity contribution in [1.82, 2.24) is 0 Å². The van der Waals surface area contributed by atoms with Crippen LogP contribution in [0.5, 0.6) is 0 Å². The van der Waals surface area contributed by atoms with E-state index in [1.54, 1.807) is 12.2 Å². The molecule has 0 aromatic heterocycles. The second kappa shape index (κ2) is 17.0. The maximum Gasteiger partial charge on any atom is 0.328 e. The van der Waals surface area contributed by atoms with Crippen molar-refractivity contribution in [2.45, 2.75) is 45.4 Å². The molecule has 1 N–H and O–H groups in total. The predicted octanol–water partition coefficient (Wildman–Crippen LogP) is 5.77. The number of carbonyl (C=O) groups is 1. The van der Waals surface area contributed by atoms with Crippen molar-refractivity contribution in [3.05, 3.63) is 72.9 Å². The van der Waals surface area contributed by atoms with Crippen molar-refractivity contribution in [2.24, 2.45) is 0 Å². The molecule has 120 valence electrons. The maximum atomic E-state index is 10.2. The lowest BCUT2D eigenvalue weighted by atomic mass is 10.1. The van der Waals surface area contributed by atoms with E-state index in [9.17, 15) is 4.79 Å². The Hall–Kier alpha value is -2.09. The van der Waals surface area contributed by atoms with Gasteiger partial charge < -0.3 is 5.11 Å². The number of carboxylic acids is 1. The minimum absolute atomic E-state index is 0.937. The number of aliphatic carboxylic acids is 1. The molecule has 0 bridgehead atoms. The van der Waals surface area contributed by atoms with E-state index in [1.807, 2.05) is 36.5 Å². The van der Waals surface area contributed by atoms with Crippen molar-refractivity contribution in [3.8, 4) is 0 Å². The molecule has 0 rings (SSSR count). The standard InChI is InChI=1S/C20H28O2/c1-2-3-4-5-6-7-8-9-10-11-12-13-14-15-16-17-18-19-20(21)22/h8-19H,2-7H2,1H3,(H,21,22)/b9-8+,11-10+,13-12+,15-14+,17-16+,19-18+. The van der Waals surface area contributed by atoms with Gasteiger partial charge in [-0.3, -0.25) is 0 Å². The Morgan fingerprint density at radius 3 is 1.77 bits per heavy atom. The number of allylic oxidation sites excluding steroid dienone is 11. The van der Waals surface area contributed by atoms with Gasteiger partial charge in [-0.1, -0.05) is 99.4 Å². The van der Waals surface area contributed by atoms with Crippen LogP contribution in [-0.2, 0) is 4.79 Å². The number of carboxylic acid groups (broad SMARTS) is 1. The van der Waals surface area contributed by atoms with Crippen molar-refractivity contribution in [1.29, 1.82) is 0 Å². The van der Waals surface area contributed by atoms with Gasteiger partial charge in [0.25, 0.3) is 0 Å². The van der Waals surface area contributed by atoms with Crippen LogP contribution < -0.4 is 0 Å². The zero-order valence-electron chi connectivity index (χ0n) is 13.5. The Morgan fingerprint density at radius 2 is 1.23 bits per heavy atom. The van der Waals surface area contributed by atoms with E-state index >= 15 is 0 Å². The lowest BCUT2D eigenvalue weighted by Crippen LogP contribution is -1.84. The monoisotopic (exact) mass is 300 g/mol. The lowest BCUT2D eigenvalue weighted by Gasteiger charge is -1.95. The summed E-state index contributed by atoms with van der Waals surface area (Å²) in [4.78, 5) is 10.2. The summed E-state index contributed by atoms with van der Waals surface area (Å²) >= 11 is 0. The van der Waals surface area contributed by atoms with Crippen molar-refractivity contribution >= 4 is 5.97 Å². The van der Waals surface area contributed by atoms with Gasteiger partial charge in [-0.05, 0) is 12.8 Å². The Labute approximate surface area is 134 Å². The van der Waals surface area contributed by atoms with Crippen LogP contribution in [0, 0.1) is 0 Å². The zero-order chi connectivity index (χ0) is 16.3. The van der Waals surface area contributed by atoms with Crippen LogP contribution >= 0.6 is 0 Å². The molecule has 2 heteroatoms. The van der Waals surface area contributed by atoms with Gasteiger partial charge in [0, 0.05) is 6.08 Å². The number of hydrogen-bond donors (Lipinski definition) is 1. The third-order valence-electron chi connectivity index (χ3n) is 2.85. The average Bonchev–Trinajstić information content (AvgIpc) is 2.50. The molecule has 0 aliphatic rings. The third-order valence-corrected chi connectivity index (χ3v) is 2.85. The molecule has 2 nitrogen and oxygen atoms in total. The van der Waals surface area contributed by atoms with Gasteiger partial charge >= 0.3 is 5.97 Å². The molecule has 0 saturated carbocycles. The topological polar surface area (TPSA) is 37.3 Å². The SMILES string of the molecule is CCCCCCC/C=C/C=C/C=C/C=C/C=C/C=C/C(=O)O. The fourth-order valence-electron chi connectivity index (χ4n) is 1.69. The van der Waals surface area contributed by atoms with E-state index in [-0.39, 0.29) is 0 Å². The van der Waals surface area contributed by atoms with Gasteiger partial charge in [0.1, 0.15) is 0 Å². The Kier molecular flexibility index (Phi) is 15.4. The molecule has 0 fully saturated rings. The Morgan fingerprint density at radius 1 is 0.727 bits per heavy atom. The number of unbranched alkanes of at least 4 members (excludes halogenated alkanes) is 5. The molecule has 0 aliphatic heterocycles. The van der Waals surface area contributed by atoms with Gasteiger partial charge in [0.15, 0.2) is 0 Å². The summed E-state index contributed by atoms with van der Waals surface area (Å²) in [5.41, 5.74) is 0. The molecule has 0 aromatic rings. The largest absolute Gasteiger partial charge is 0.478 e. The highest BCUT2D eigenvalue weighted by Gasteiger charge is 1.85. The summed E-state index contributed by atoms with van der Waals surface area (Å²) in [7, 11) is 0. The second-order valence-electron chi connectivity index (χ2n) is 4.87. The van der Waals surface area contributed by atoms with Crippen LogP contribution in [0.3, 0.4) is 0 Å². The normalized spacial score (nSPS) is 13.1. The molecule has 0 heterocycles. The summed E-state index contributed by atoms with van der Waals surface area (Å²) in [5, 5.41) is 8.38. The van der Waals surface area contributed by atoms with Crippen molar-refractivity contribution in [2.75, 3.05) is 0 Å². The Balaban J connectivity index is 3.64. The molecule has 0 unspecified atom stereocenters. The first-order valence-electron chi connectivity index (χ1n) is 8.00. The molecule has 0 atom stereocenters. The average molecular weight is 300 g/mol. The number of rotatable bonds is 12. The summed E-state index contributed by atoms with van der Waals surface area (Å²) < 4.78 is 0. The smallest absolute Gasteiger partial charge is 0.328 e. The number of hydrogen-bond acceptors (Lipinski definition) is 1. The highest BCUT2D eigenvalue weighted by atomic mass is 16.4. The summed E-state index contributed by atoms with van der Waals surface area (Å²) in [5.74, 6) is -0.937. The fraction of sp³-hybridized carbons (Fsp3) is 0.350. The van der Waals surface area contributed by atoms with Crippen LogP contribution in [0.4, 0.5) is 0 Å². The van der Waals surface area contributed by atoms with Gasteiger partial charge in [-0.15, -0.1) is 0 Å². The second-order valence-corrected chi connectivity index (χ2v) is 4.87. The molecule has 0 saturated heterocycles. The first kappa shape index (κ1) is 19.9. The van der Waals surface area contributed by atoms with E-state index in [0.29, 0.717) is 0 Å². The third kappa shape index (κ3) is 17.9. The maximum absolute atomic E-state index is 10.2. The first-order chi connectivity index (χ1) is 10.8. The summed E-state index contributed by atoms with van der Waals surface area (Å²) in [6.45, 7) is 2.24.